The van der Waals surface area contributed by atoms with Gasteiger partial charge in [0.2, 0.25) is 0 Å². The lowest BCUT2D eigenvalue weighted by atomic mass is 10.1. The van der Waals surface area contributed by atoms with Gasteiger partial charge in [-0.3, -0.25) is 0 Å². The van der Waals surface area contributed by atoms with E-state index in [9.17, 15) is 0 Å². The topological polar surface area (TPSA) is 15.3 Å². The van der Waals surface area contributed by atoms with Crippen LogP contribution in [0.4, 0.5) is 5.69 Å². The number of nitrogens with one attached hydrogen (secondary N) is 1. The van der Waals surface area contributed by atoms with E-state index in [2.05, 4.69) is 62.3 Å². The number of benzene rings is 1. The minimum Gasteiger partial charge on any atom is -0.373 e. The lowest BCUT2D eigenvalue weighted by Gasteiger charge is -2.26. The molecule has 2 heteroatoms. The second-order valence-corrected chi connectivity index (χ2v) is 5.16. The molecule has 0 heterocycles. The Bertz CT molecular complexity index is 318. The SMILES string of the molecule is CCCNC(CCC)CN(C)c1ccc(C)cc1. The molecule has 1 atom stereocenters. The monoisotopic (exact) mass is 248 g/mol. The van der Waals surface area contributed by atoms with E-state index in [-0.39, 0.29) is 0 Å². The molecule has 102 valence electrons. The summed E-state index contributed by atoms with van der Waals surface area (Å²) in [4.78, 5) is 2.35. The minimum atomic E-state index is 0.598. The Kier molecular flexibility index (Phi) is 6.81. The van der Waals surface area contributed by atoms with E-state index >= 15 is 0 Å². The highest BCUT2D eigenvalue weighted by Gasteiger charge is 2.10. The Hall–Kier alpha value is -1.02. The normalized spacial score (nSPS) is 12.4. The Morgan fingerprint density at radius 1 is 1.11 bits per heavy atom. The van der Waals surface area contributed by atoms with E-state index in [1.54, 1.807) is 0 Å². The first kappa shape index (κ1) is 15.0. The zero-order valence-electron chi connectivity index (χ0n) is 12.4. The van der Waals surface area contributed by atoms with Crippen LogP contribution in [0.15, 0.2) is 24.3 Å². The second-order valence-electron chi connectivity index (χ2n) is 5.16. The first-order valence-corrected chi connectivity index (χ1v) is 7.18. The van der Waals surface area contributed by atoms with Gasteiger partial charge in [0, 0.05) is 25.3 Å². The van der Waals surface area contributed by atoms with Gasteiger partial charge in [0.1, 0.15) is 0 Å². The molecule has 0 aromatic heterocycles. The molecular formula is C16H28N2. The van der Waals surface area contributed by atoms with Crippen LogP contribution in [0.25, 0.3) is 0 Å². The summed E-state index contributed by atoms with van der Waals surface area (Å²) >= 11 is 0. The zero-order chi connectivity index (χ0) is 13.4. The van der Waals surface area contributed by atoms with Crippen LogP contribution in [-0.4, -0.2) is 26.2 Å². The highest BCUT2D eigenvalue weighted by Crippen LogP contribution is 2.14. The Labute approximate surface area is 112 Å². The Balaban J connectivity index is 2.53. The first-order valence-electron chi connectivity index (χ1n) is 7.18. The van der Waals surface area contributed by atoms with E-state index in [1.807, 2.05) is 0 Å². The van der Waals surface area contributed by atoms with Gasteiger partial charge in [-0.2, -0.15) is 0 Å². The molecule has 0 saturated heterocycles. The van der Waals surface area contributed by atoms with Gasteiger partial charge in [0.15, 0.2) is 0 Å². The molecule has 18 heavy (non-hydrogen) atoms. The van der Waals surface area contributed by atoms with E-state index in [1.165, 1.54) is 30.5 Å². The Morgan fingerprint density at radius 3 is 2.33 bits per heavy atom. The highest BCUT2D eigenvalue weighted by molar-refractivity contribution is 5.46. The molecule has 0 radical (unpaired) electrons. The molecule has 0 spiro atoms. The van der Waals surface area contributed by atoms with Crippen molar-refractivity contribution in [3.05, 3.63) is 29.8 Å². The standard InChI is InChI=1S/C16H28N2/c1-5-7-15(17-12-6-2)13-18(4)16-10-8-14(3)9-11-16/h8-11,15,17H,5-7,12-13H2,1-4H3. The van der Waals surface area contributed by atoms with Crippen molar-refractivity contribution in [2.45, 2.75) is 46.1 Å². The molecule has 0 aliphatic rings. The van der Waals surface area contributed by atoms with E-state index in [0.29, 0.717) is 6.04 Å². The van der Waals surface area contributed by atoms with E-state index in [4.69, 9.17) is 0 Å². The maximum atomic E-state index is 3.64. The van der Waals surface area contributed by atoms with E-state index < -0.39 is 0 Å². The number of hydrogen-bond acceptors (Lipinski definition) is 2. The zero-order valence-corrected chi connectivity index (χ0v) is 12.4. The van der Waals surface area contributed by atoms with Crippen LogP contribution in [-0.2, 0) is 0 Å². The molecule has 0 fully saturated rings. The van der Waals surface area contributed by atoms with Gasteiger partial charge in [-0.05, 0) is 38.4 Å². The van der Waals surface area contributed by atoms with Crippen LogP contribution >= 0.6 is 0 Å². The van der Waals surface area contributed by atoms with E-state index in [0.717, 1.165) is 13.1 Å². The van der Waals surface area contributed by atoms with Crippen LogP contribution in [0.2, 0.25) is 0 Å². The second kappa shape index (κ2) is 8.15. The largest absolute Gasteiger partial charge is 0.373 e. The van der Waals surface area contributed by atoms with Gasteiger partial charge in [0.05, 0.1) is 0 Å². The molecule has 1 N–H and O–H groups in total. The van der Waals surface area contributed by atoms with Crippen molar-refractivity contribution < 1.29 is 0 Å². The van der Waals surface area contributed by atoms with Crippen LogP contribution in [0.3, 0.4) is 0 Å². The summed E-state index contributed by atoms with van der Waals surface area (Å²) < 4.78 is 0. The van der Waals surface area contributed by atoms with Crippen molar-refractivity contribution in [1.29, 1.82) is 0 Å². The number of nitrogens with zero attached hydrogens (tertiary/aromatic N) is 1. The quantitative estimate of drug-likeness (QED) is 0.756. The fourth-order valence-corrected chi connectivity index (χ4v) is 2.19. The summed E-state index contributed by atoms with van der Waals surface area (Å²) in [7, 11) is 2.18. The summed E-state index contributed by atoms with van der Waals surface area (Å²) in [6, 6.07) is 9.37. The van der Waals surface area contributed by atoms with Gasteiger partial charge in [0.25, 0.3) is 0 Å². The molecule has 1 rings (SSSR count). The lowest BCUT2D eigenvalue weighted by molar-refractivity contribution is 0.476. The summed E-state index contributed by atoms with van der Waals surface area (Å²) in [5.74, 6) is 0. The minimum absolute atomic E-state index is 0.598. The number of rotatable bonds is 8. The lowest BCUT2D eigenvalue weighted by Crippen LogP contribution is -2.39. The molecule has 0 amide bonds. The van der Waals surface area contributed by atoms with Crippen molar-refractivity contribution in [3.63, 3.8) is 0 Å². The maximum Gasteiger partial charge on any atom is 0.0364 e. The van der Waals surface area contributed by atoms with Crippen molar-refractivity contribution in [1.82, 2.24) is 5.32 Å². The molecule has 0 bridgehead atoms. The van der Waals surface area contributed by atoms with Gasteiger partial charge in [-0.15, -0.1) is 0 Å². The van der Waals surface area contributed by atoms with Crippen molar-refractivity contribution in [2.75, 3.05) is 25.0 Å². The summed E-state index contributed by atoms with van der Waals surface area (Å²) in [6.07, 6.45) is 3.69. The van der Waals surface area contributed by atoms with Crippen molar-refractivity contribution in [2.24, 2.45) is 0 Å². The molecule has 2 nitrogen and oxygen atoms in total. The summed E-state index contributed by atoms with van der Waals surface area (Å²) in [5, 5.41) is 3.64. The van der Waals surface area contributed by atoms with Gasteiger partial charge in [-0.1, -0.05) is 38.0 Å². The van der Waals surface area contributed by atoms with Crippen LogP contribution in [0.1, 0.15) is 38.7 Å². The number of anilines is 1. The molecule has 1 aromatic rings. The van der Waals surface area contributed by atoms with Crippen LogP contribution in [0.5, 0.6) is 0 Å². The predicted octanol–water partition coefficient (Wildman–Crippen LogP) is 3.60. The maximum absolute atomic E-state index is 3.64. The average molecular weight is 248 g/mol. The molecular weight excluding hydrogens is 220 g/mol. The number of hydrogen-bond donors (Lipinski definition) is 1. The third-order valence-electron chi connectivity index (χ3n) is 3.29. The summed E-state index contributed by atoms with van der Waals surface area (Å²) in [6.45, 7) is 8.81. The molecule has 1 unspecified atom stereocenters. The predicted molar refractivity (Wildman–Crippen MR) is 81.4 cm³/mol. The fraction of sp³-hybridized carbons (Fsp3) is 0.625. The van der Waals surface area contributed by atoms with Crippen LogP contribution < -0.4 is 10.2 Å². The van der Waals surface area contributed by atoms with Crippen LogP contribution in [0, 0.1) is 6.92 Å². The number of aryl methyl sites for hydroxylation is 1. The third-order valence-corrected chi connectivity index (χ3v) is 3.29. The molecule has 0 aliphatic heterocycles. The molecule has 0 saturated carbocycles. The van der Waals surface area contributed by atoms with Gasteiger partial charge in [-0.25, -0.2) is 0 Å². The fourth-order valence-electron chi connectivity index (χ4n) is 2.19. The highest BCUT2D eigenvalue weighted by atomic mass is 15.1. The number of likely N-dealkylation sites (N-methyl/N-ethyl adjacent to an activating group) is 1. The average Bonchev–Trinajstić information content (AvgIpc) is 2.37. The third kappa shape index (κ3) is 5.09. The Morgan fingerprint density at radius 2 is 1.78 bits per heavy atom. The molecule has 0 aliphatic carbocycles. The van der Waals surface area contributed by atoms with Crippen molar-refractivity contribution >= 4 is 5.69 Å². The summed E-state index contributed by atoms with van der Waals surface area (Å²) in [5.41, 5.74) is 2.63. The van der Waals surface area contributed by atoms with Crippen molar-refractivity contribution in [3.8, 4) is 0 Å². The van der Waals surface area contributed by atoms with Gasteiger partial charge < -0.3 is 10.2 Å². The first-order chi connectivity index (χ1) is 8.67. The smallest absolute Gasteiger partial charge is 0.0364 e. The van der Waals surface area contributed by atoms with Gasteiger partial charge >= 0.3 is 0 Å². The molecule has 1 aromatic carbocycles.